The van der Waals surface area contributed by atoms with Crippen LogP contribution in [0.25, 0.3) is 0 Å². The van der Waals surface area contributed by atoms with Crippen molar-refractivity contribution in [2.75, 3.05) is 17.5 Å². The number of hydrogen-bond donors (Lipinski definition) is 1. The van der Waals surface area contributed by atoms with Crippen molar-refractivity contribution in [3.05, 3.63) is 89.7 Å². The van der Waals surface area contributed by atoms with Gasteiger partial charge in [-0.1, -0.05) is 42.0 Å². The van der Waals surface area contributed by atoms with Crippen LogP contribution in [0, 0.1) is 12.7 Å². The first-order chi connectivity index (χ1) is 15.3. The van der Waals surface area contributed by atoms with Crippen LogP contribution >= 0.6 is 0 Å². The molecule has 0 aromatic heterocycles. The minimum atomic E-state index is -4.17. The molecule has 3 aromatic carbocycles. The Morgan fingerprint density at radius 2 is 1.75 bits per heavy atom. The van der Waals surface area contributed by atoms with Crippen molar-refractivity contribution in [1.29, 1.82) is 0 Å². The van der Waals surface area contributed by atoms with Crippen molar-refractivity contribution in [2.24, 2.45) is 0 Å². The Balaban J connectivity index is 1.83. The van der Waals surface area contributed by atoms with Crippen LogP contribution in [0.4, 0.5) is 10.1 Å². The summed E-state index contributed by atoms with van der Waals surface area (Å²) in [6, 6.07) is 18.9. The van der Waals surface area contributed by atoms with Gasteiger partial charge >= 0.3 is 0 Å². The number of nitrogens with one attached hydrogen (secondary N) is 1. The average molecular weight is 457 g/mol. The summed E-state index contributed by atoms with van der Waals surface area (Å²) < 4.78 is 47.3. The molecule has 6 nitrogen and oxygen atoms in total. The smallest absolute Gasteiger partial charge is 0.264 e. The number of hydrogen-bond acceptors (Lipinski definition) is 4. The maximum absolute atomic E-state index is 14.5. The number of sulfonamides is 1. The summed E-state index contributed by atoms with van der Waals surface area (Å²) in [6.45, 7) is 3.83. The lowest BCUT2D eigenvalue weighted by Crippen LogP contribution is -2.41. The van der Waals surface area contributed by atoms with Crippen LogP contribution in [0.1, 0.15) is 18.1 Å². The third kappa shape index (κ3) is 5.64. The minimum Gasteiger partial charge on any atom is -0.494 e. The standard InChI is InChI=1S/C24H25FN2O4S/c1-3-31-20-8-6-7-19(15-20)16-26-24(28)17-27(23-10-5-4-9-22(23)25)32(29,30)21-13-11-18(2)12-14-21/h4-15H,3,16-17H2,1-2H3,(H,26,28). The number of halogens is 1. The molecule has 0 bridgehead atoms. The molecule has 168 valence electrons. The number of anilines is 1. The number of carbonyl (C=O) groups is 1. The van der Waals surface area contributed by atoms with Gasteiger partial charge in [0, 0.05) is 6.54 Å². The van der Waals surface area contributed by atoms with Gasteiger partial charge in [-0.15, -0.1) is 0 Å². The molecule has 0 aliphatic heterocycles. The molecule has 1 N–H and O–H groups in total. The molecule has 0 spiro atoms. The van der Waals surface area contributed by atoms with E-state index in [2.05, 4.69) is 5.32 Å². The first-order valence-corrected chi connectivity index (χ1v) is 11.6. The van der Waals surface area contributed by atoms with Crippen LogP contribution in [0.3, 0.4) is 0 Å². The molecule has 0 aliphatic carbocycles. The molecule has 0 heterocycles. The van der Waals surface area contributed by atoms with Gasteiger partial charge in [0.05, 0.1) is 17.2 Å². The number of nitrogens with zero attached hydrogens (tertiary/aromatic N) is 1. The Morgan fingerprint density at radius 3 is 2.44 bits per heavy atom. The first-order valence-electron chi connectivity index (χ1n) is 10.1. The van der Waals surface area contributed by atoms with Crippen molar-refractivity contribution in [1.82, 2.24) is 5.32 Å². The van der Waals surface area contributed by atoms with Crippen LogP contribution in [0.5, 0.6) is 5.75 Å². The number of rotatable bonds is 9. The van der Waals surface area contributed by atoms with Crippen molar-refractivity contribution >= 4 is 21.6 Å². The second-order valence-corrected chi connectivity index (χ2v) is 9.00. The summed E-state index contributed by atoms with van der Waals surface area (Å²) in [5.74, 6) is -0.625. The predicted octanol–water partition coefficient (Wildman–Crippen LogP) is 4.04. The number of ether oxygens (including phenoxy) is 1. The number of aryl methyl sites for hydroxylation is 1. The van der Waals surface area contributed by atoms with Crippen molar-refractivity contribution in [2.45, 2.75) is 25.3 Å². The summed E-state index contributed by atoms with van der Waals surface area (Å²) in [6.07, 6.45) is 0. The Labute approximate surface area is 187 Å². The molecule has 3 rings (SSSR count). The maximum Gasteiger partial charge on any atom is 0.264 e. The quantitative estimate of drug-likeness (QED) is 0.527. The van der Waals surface area contributed by atoms with E-state index >= 15 is 0 Å². The Hall–Kier alpha value is -3.39. The van der Waals surface area contributed by atoms with Crippen LogP contribution < -0.4 is 14.4 Å². The lowest BCUT2D eigenvalue weighted by molar-refractivity contribution is -0.119. The zero-order valence-corrected chi connectivity index (χ0v) is 18.7. The van der Waals surface area contributed by atoms with Gasteiger partial charge in [-0.2, -0.15) is 0 Å². The molecule has 0 radical (unpaired) electrons. The summed E-state index contributed by atoms with van der Waals surface area (Å²) in [4.78, 5) is 12.7. The van der Waals surface area contributed by atoms with Crippen molar-refractivity contribution < 1.29 is 22.3 Å². The van der Waals surface area contributed by atoms with Crippen molar-refractivity contribution in [3.8, 4) is 5.75 Å². The lowest BCUT2D eigenvalue weighted by Gasteiger charge is -2.24. The van der Waals surface area contributed by atoms with E-state index in [4.69, 9.17) is 4.74 Å². The molecular formula is C24H25FN2O4S. The fraction of sp³-hybridized carbons (Fsp3) is 0.208. The van der Waals surface area contributed by atoms with Gasteiger partial charge in [0.25, 0.3) is 10.0 Å². The minimum absolute atomic E-state index is 0.0245. The van der Waals surface area contributed by atoms with Gasteiger partial charge in [-0.3, -0.25) is 9.10 Å². The highest BCUT2D eigenvalue weighted by atomic mass is 32.2. The molecule has 0 fully saturated rings. The normalized spacial score (nSPS) is 11.1. The van der Waals surface area contributed by atoms with E-state index in [1.807, 2.05) is 26.0 Å². The second kappa shape index (κ2) is 10.3. The molecule has 0 unspecified atom stereocenters. The zero-order chi connectivity index (χ0) is 23.1. The van der Waals surface area contributed by atoms with E-state index in [-0.39, 0.29) is 17.1 Å². The van der Waals surface area contributed by atoms with Crippen LogP contribution in [0.15, 0.2) is 77.7 Å². The fourth-order valence-electron chi connectivity index (χ4n) is 3.09. The fourth-order valence-corrected chi connectivity index (χ4v) is 4.52. The highest BCUT2D eigenvalue weighted by Gasteiger charge is 2.29. The molecule has 0 saturated heterocycles. The molecule has 3 aromatic rings. The molecule has 0 saturated carbocycles. The number of para-hydroxylation sites is 1. The Kier molecular flexibility index (Phi) is 7.48. The largest absolute Gasteiger partial charge is 0.494 e. The maximum atomic E-state index is 14.5. The Bertz CT molecular complexity index is 1180. The average Bonchev–Trinajstić information content (AvgIpc) is 2.77. The molecule has 1 amide bonds. The van der Waals surface area contributed by atoms with E-state index in [0.29, 0.717) is 12.4 Å². The van der Waals surface area contributed by atoms with Crippen LogP contribution in [0.2, 0.25) is 0 Å². The van der Waals surface area contributed by atoms with Gasteiger partial charge in [-0.05, 0) is 55.8 Å². The number of benzene rings is 3. The topological polar surface area (TPSA) is 75.7 Å². The summed E-state index contributed by atoms with van der Waals surface area (Å²) in [7, 11) is -4.17. The van der Waals surface area contributed by atoms with Gasteiger partial charge in [-0.25, -0.2) is 12.8 Å². The van der Waals surface area contributed by atoms with Crippen molar-refractivity contribution in [3.63, 3.8) is 0 Å². The third-order valence-corrected chi connectivity index (χ3v) is 6.49. The first kappa shape index (κ1) is 23.3. The van der Waals surface area contributed by atoms with E-state index < -0.39 is 28.3 Å². The Morgan fingerprint density at radius 1 is 1.03 bits per heavy atom. The van der Waals surface area contributed by atoms with Crippen LogP contribution in [-0.2, 0) is 21.4 Å². The SMILES string of the molecule is CCOc1cccc(CNC(=O)CN(c2ccccc2F)S(=O)(=O)c2ccc(C)cc2)c1. The summed E-state index contributed by atoms with van der Waals surface area (Å²) in [5.41, 5.74) is 1.48. The molecule has 0 aliphatic rings. The monoisotopic (exact) mass is 456 g/mol. The zero-order valence-electron chi connectivity index (χ0n) is 17.9. The molecular weight excluding hydrogens is 431 g/mol. The number of amides is 1. The van der Waals surface area contributed by atoms with E-state index in [1.54, 1.807) is 24.3 Å². The van der Waals surface area contributed by atoms with Gasteiger partial charge < -0.3 is 10.1 Å². The van der Waals surface area contributed by atoms with E-state index in [0.717, 1.165) is 21.5 Å². The van der Waals surface area contributed by atoms with E-state index in [9.17, 15) is 17.6 Å². The number of carbonyl (C=O) groups excluding carboxylic acids is 1. The van der Waals surface area contributed by atoms with E-state index in [1.165, 1.54) is 30.3 Å². The van der Waals surface area contributed by atoms with Crippen LogP contribution in [-0.4, -0.2) is 27.5 Å². The molecule has 8 heteroatoms. The lowest BCUT2D eigenvalue weighted by atomic mass is 10.2. The van der Waals surface area contributed by atoms with Gasteiger partial charge in [0.2, 0.25) is 5.91 Å². The highest BCUT2D eigenvalue weighted by molar-refractivity contribution is 7.92. The second-order valence-electron chi connectivity index (χ2n) is 7.13. The summed E-state index contributed by atoms with van der Waals surface area (Å²) in [5, 5.41) is 2.70. The summed E-state index contributed by atoms with van der Waals surface area (Å²) >= 11 is 0. The predicted molar refractivity (Wildman–Crippen MR) is 122 cm³/mol. The highest BCUT2D eigenvalue weighted by Crippen LogP contribution is 2.26. The van der Waals surface area contributed by atoms with Gasteiger partial charge in [0.1, 0.15) is 18.1 Å². The van der Waals surface area contributed by atoms with Gasteiger partial charge in [0.15, 0.2) is 0 Å². The third-order valence-electron chi connectivity index (χ3n) is 4.72. The molecule has 32 heavy (non-hydrogen) atoms. The molecule has 0 atom stereocenters.